The molecule has 3 rings (SSSR count). The molecule has 0 aromatic rings. The smallest absolute Gasteiger partial charge is 0.153 e. The van der Waals surface area contributed by atoms with Crippen LogP contribution in [0.25, 0.3) is 0 Å². The Morgan fingerprint density at radius 1 is 1.05 bits per heavy atom. The Morgan fingerprint density at radius 3 is 2.30 bits per heavy atom. The van der Waals surface area contributed by atoms with Crippen LogP contribution >= 0.6 is 0 Å². The zero-order chi connectivity index (χ0) is 14.3. The highest BCUT2D eigenvalue weighted by Gasteiger charge is 2.45. The first-order valence-corrected chi connectivity index (χ1v) is 9.92. The monoisotopic (exact) mass is 301 g/mol. The summed E-state index contributed by atoms with van der Waals surface area (Å²) in [5.74, 6) is 0.0771. The molecule has 2 aliphatic carbocycles. The second-order valence-corrected chi connectivity index (χ2v) is 9.50. The largest absolute Gasteiger partial charge is 0.387 e. The van der Waals surface area contributed by atoms with Gasteiger partial charge in [-0.1, -0.05) is 25.7 Å². The van der Waals surface area contributed by atoms with Crippen LogP contribution in [-0.2, 0) is 9.84 Å². The lowest BCUT2D eigenvalue weighted by Gasteiger charge is -2.43. The van der Waals surface area contributed by atoms with Gasteiger partial charge in [0.05, 0.1) is 17.1 Å². The molecule has 1 heterocycles. The third kappa shape index (κ3) is 2.90. The van der Waals surface area contributed by atoms with E-state index >= 15 is 0 Å². The molecule has 1 spiro atoms. The third-order valence-electron chi connectivity index (χ3n) is 5.80. The molecule has 2 unspecified atom stereocenters. The van der Waals surface area contributed by atoms with Gasteiger partial charge in [-0.3, -0.25) is 0 Å². The predicted molar refractivity (Wildman–Crippen MR) is 79.4 cm³/mol. The molecule has 2 saturated carbocycles. The van der Waals surface area contributed by atoms with Crippen molar-refractivity contribution in [1.82, 2.24) is 5.32 Å². The lowest BCUT2D eigenvalue weighted by molar-refractivity contribution is 0.0465. The maximum atomic E-state index is 11.6. The summed E-state index contributed by atoms with van der Waals surface area (Å²) in [6.07, 6.45) is 10.7. The maximum absolute atomic E-state index is 11.6. The zero-order valence-electron chi connectivity index (χ0n) is 12.2. The van der Waals surface area contributed by atoms with Crippen molar-refractivity contribution in [3.63, 3.8) is 0 Å². The molecule has 0 amide bonds. The molecule has 1 saturated heterocycles. The number of aliphatic hydroxyl groups is 1. The van der Waals surface area contributed by atoms with E-state index in [4.69, 9.17) is 0 Å². The van der Waals surface area contributed by atoms with Crippen molar-refractivity contribution in [2.24, 2.45) is 5.41 Å². The van der Waals surface area contributed by atoms with Crippen LogP contribution in [0.2, 0.25) is 0 Å². The van der Waals surface area contributed by atoms with E-state index < -0.39 is 15.4 Å². The molecule has 20 heavy (non-hydrogen) atoms. The molecule has 2 atom stereocenters. The number of hydrogen-bond acceptors (Lipinski definition) is 4. The molecule has 3 aliphatic rings. The summed E-state index contributed by atoms with van der Waals surface area (Å²) in [6, 6.07) is 0.478. The second kappa shape index (κ2) is 5.25. The van der Waals surface area contributed by atoms with Crippen molar-refractivity contribution in [2.75, 3.05) is 18.1 Å². The maximum Gasteiger partial charge on any atom is 0.153 e. The van der Waals surface area contributed by atoms with E-state index in [2.05, 4.69) is 5.32 Å². The molecule has 4 nitrogen and oxygen atoms in total. The highest BCUT2D eigenvalue weighted by Crippen LogP contribution is 2.49. The van der Waals surface area contributed by atoms with Crippen molar-refractivity contribution in [3.8, 4) is 0 Å². The summed E-state index contributed by atoms with van der Waals surface area (Å²) in [6.45, 7) is 0.443. The van der Waals surface area contributed by atoms with Gasteiger partial charge in [-0.2, -0.15) is 0 Å². The van der Waals surface area contributed by atoms with E-state index in [9.17, 15) is 13.5 Å². The fourth-order valence-electron chi connectivity index (χ4n) is 4.65. The van der Waals surface area contributed by atoms with Gasteiger partial charge >= 0.3 is 0 Å². The van der Waals surface area contributed by atoms with Crippen LogP contribution in [0.5, 0.6) is 0 Å². The fourth-order valence-corrected chi connectivity index (χ4v) is 6.55. The number of nitrogens with one attached hydrogen (secondary N) is 1. The van der Waals surface area contributed by atoms with Crippen molar-refractivity contribution in [2.45, 2.75) is 69.4 Å². The molecule has 2 N–H and O–H groups in total. The molecule has 0 aromatic heterocycles. The summed E-state index contributed by atoms with van der Waals surface area (Å²) in [5.41, 5.74) is -0.595. The molecular weight excluding hydrogens is 274 g/mol. The lowest BCUT2D eigenvalue weighted by Crippen LogP contribution is -2.52. The minimum absolute atomic E-state index is 0.0628. The first-order chi connectivity index (χ1) is 9.43. The van der Waals surface area contributed by atoms with Crippen molar-refractivity contribution in [1.29, 1.82) is 0 Å². The number of hydrogen-bond donors (Lipinski definition) is 2. The van der Waals surface area contributed by atoms with Gasteiger partial charge in [-0.15, -0.1) is 0 Å². The van der Waals surface area contributed by atoms with Gasteiger partial charge in [0.25, 0.3) is 0 Å². The van der Waals surface area contributed by atoms with E-state index in [-0.39, 0.29) is 11.5 Å². The number of sulfone groups is 1. The standard InChI is InChI=1S/C15H27NO3S/c17-15(9-10-20(18,19)12-15)11-16-13-5-1-2-6-14(13)7-3-4-8-14/h13,16-17H,1-12H2. The Balaban J connectivity index is 1.62. The summed E-state index contributed by atoms with van der Waals surface area (Å²) in [4.78, 5) is 0. The Kier molecular flexibility index (Phi) is 3.89. The first-order valence-electron chi connectivity index (χ1n) is 8.09. The minimum Gasteiger partial charge on any atom is -0.387 e. The highest BCUT2D eigenvalue weighted by atomic mass is 32.2. The second-order valence-electron chi connectivity index (χ2n) is 7.32. The molecule has 0 aromatic carbocycles. The van der Waals surface area contributed by atoms with Crippen LogP contribution in [0.1, 0.15) is 57.8 Å². The van der Waals surface area contributed by atoms with Crippen LogP contribution in [-0.4, -0.2) is 43.2 Å². The van der Waals surface area contributed by atoms with Gasteiger partial charge in [-0.05, 0) is 37.5 Å². The molecule has 1 aliphatic heterocycles. The third-order valence-corrected chi connectivity index (χ3v) is 7.60. The van der Waals surface area contributed by atoms with Crippen LogP contribution in [0.15, 0.2) is 0 Å². The Bertz CT molecular complexity index is 456. The molecule has 0 radical (unpaired) electrons. The molecule has 116 valence electrons. The molecule has 5 heteroatoms. The average Bonchev–Trinajstić information content (AvgIpc) is 2.95. The highest BCUT2D eigenvalue weighted by molar-refractivity contribution is 7.91. The topological polar surface area (TPSA) is 66.4 Å². The van der Waals surface area contributed by atoms with Crippen molar-refractivity contribution < 1.29 is 13.5 Å². The van der Waals surface area contributed by atoms with E-state index in [0.29, 0.717) is 24.4 Å². The first kappa shape index (κ1) is 14.8. The quantitative estimate of drug-likeness (QED) is 0.831. The molecular formula is C15H27NO3S. The van der Waals surface area contributed by atoms with E-state index in [0.717, 1.165) is 0 Å². The normalized spacial score (nSPS) is 39.4. The van der Waals surface area contributed by atoms with E-state index in [1.54, 1.807) is 0 Å². The summed E-state index contributed by atoms with van der Waals surface area (Å²) in [5, 5.41) is 14.0. The van der Waals surface area contributed by atoms with Gasteiger partial charge in [0.1, 0.15) is 0 Å². The van der Waals surface area contributed by atoms with Gasteiger partial charge in [0.15, 0.2) is 9.84 Å². The van der Waals surface area contributed by atoms with Crippen LogP contribution in [0, 0.1) is 5.41 Å². The van der Waals surface area contributed by atoms with Crippen LogP contribution < -0.4 is 5.32 Å². The Hall–Kier alpha value is -0.130. The Labute approximate surface area is 122 Å². The van der Waals surface area contributed by atoms with Gasteiger partial charge in [0.2, 0.25) is 0 Å². The van der Waals surface area contributed by atoms with Crippen molar-refractivity contribution in [3.05, 3.63) is 0 Å². The predicted octanol–water partition coefficient (Wildman–Crippen LogP) is 1.63. The van der Waals surface area contributed by atoms with E-state index in [1.807, 2.05) is 0 Å². The Morgan fingerprint density at radius 2 is 1.70 bits per heavy atom. The van der Waals surface area contributed by atoms with Crippen molar-refractivity contribution >= 4 is 9.84 Å². The minimum atomic E-state index is -3.02. The molecule has 3 fully saturated rings. The van der Waals surface area contributed by atoms with E-state index in [1.165, 1.54) is 51.4 Å². The van der Waals surface area contributed by atoms with Gasteiger partial charge < -0.3 is 10.4 Å². The molecule has 0 bridgehead atoms. The zero-order valence-corrected chi connectivity index (χ0v) is 13.1. The van der Waals surface area contributed by atoms with Crippen LogP contribution in [0.4, 0.5) is 0 Å². The fraction of sp³-hybridized carbons (Fsp3) is 1.00. The SMILES string of the molecule is O=S1(=O)CCC(O)(CNC2CCCCC23CCCC3)C1. The van der Waals surface area contributed by atoms with Gasteiger partial charge in [-0.25, -0.2) is 8.42 Å². The van der Waals surface area contributed by atoms with Crippen LogP contribution in [0.3, 0.4) is 0 Å². The summed E-state index contributed by atoms with van der Waals surface area (Å²) < 4.78 is 23.1. The average molecular weight is 301 g/mol. The summed E-state index contributed by atoms with van der Waals surface area (Å²) in [7, 11) is -3.02. The van der Waals surface area contributed by atoms with Gasteiger partial charge in [0, 0.05) is 12.6 Å². The summed E-state index contributed by atoms with van der Waals surface area (Å²) >= 11 is 0. The lowest BCUT2D eigenvalue weighted by atomic mass is 9.69. The number of rotatable bonds is 3.